The van der Waals surface area contributed by atoms with Crippen LogP contribution in [0.5, 0.6) is 5.75 Å². The van der Waals surface area contributed by atoms with E-state index in [1.165, 1.54) is 6.07 Å². The van der Waals surface area contributed by atoms with Crippen LogP contribution in [-0.2, 0) is 5.41 Å². The fourth-order valence-corrected chi connectivity index (χ4v) is 2.52. The van der Waals surface area contributed by atoms with Gasteiger partial charge in [-0.3, -0.25) is 0 Å². The van der Waals surface area contributed by atoms with Gasteiger partial charge < -0.3 is 5.11 Å². The molecule has 1 N–H and O–H groups in total. The molecule has 1 aromatic carbocycles. The molecule has 0 amide bonds. The van der Waals surface area contributed by atoms with Crippen LogP contribution in [0.3, 0.4) is 0 Å². The van der Waals surface area contributed by atoms with Gasteiger partial charge in [0.15, 0.2) is 0 Å². The molecule has 2 nitrogen and oxygen atoms in total. The van der Waals surface area contributed by atoms with E-state index in [1.807, 2.05) is 0 Å². The van der Waals surface area contributed by atoms with E-state index >= 15 is 0 Å². The predicted molar refractivity (Wildman–Crippen MR) is 59.5 cm³/mol. The average Bonchev–Trinajstić information content (AvgIpc) is 2.01. The molecule has 1 rings (SSSR count). The van der Waals surface area contributed by atoms with Crippen LogP contribution in [0.2, 0.25) is 5.02 Å². The summed E-state index contributed by atoms with van der Waals surface area (Å²) >= 11 is 9.02. The second kappa shape index (κ2) is 3.80. The quantitative estimate of drug-likeness (QED) is 0.850. The molecule has 0 aliphatic rings. The number of benzene rings is 1. The number of nitriles is 1. The molecule has 0 aliphatic carbocycles. The molecule has 1 aromatic rings. The highest BCUT2D eigenvalue weighted by Gasteiger charge is 2.26. The van der Waals surface area contributed by atoms with Crippen molar-refractivity contribution in [2.24, 2.45) is 0 Å². The number of hydrogen-bond donors (Lipinski definition) is 1. The number of halogens is 2. The van der Waals surface area contributed by atoms with Gasteiger partial charge in [-0.05, 0) is 26.0 Å². The molecule has 14 heavy (non-hydrogen) atoms. The molecular weight excluding hydrogens is 265 g/mol. The van der Waals surface area contributed by atoms with Gasteiger partial charge in [0.25, 0.3) is 0 Å². The molecule has 0 aromatic heterocycles. The second-order valence-corrected chi connectivity index (χ2v) is 4.81. The number of phenols is 1. The molecule has 74 valence electrons. The fourth-order valence-electron chi connectivity index (χ4n) is 1.23. The third-order valence-electron chi connectivity index (χ3n) is 1.94. The summed E-state index contributed by atoms with van der Waals surface area (Å²) in [5.74, 6) is 0.0379. The lowest BCUT2D eigenvalue weighted by Gasteiger charge is -2.19. The fraction of sp³-hybridized carbons (Fsp3) is 0.300. The van der Waals surface area contributed by atoms with Crippen LogP contribution in [0.4, 0.5) is 0 Å². The third kappa shape index (κ3) is 2.02. The summed E-state index contributed by atoms with van der Waals surface area (Å²) in [7, 11) is 0. The van der Waals surface area contributed by atoms with Gasteiger partial charge >= 0.3 is 0 Å². The minimum Gasteiger partial charge on any atom is -0.508 e. The van der Waals surface area contributed by atoms with Gasteiger partial charge in [-0.25, -0.2) is 0 Å². The number of hydrogen-bond acceptors (Lipinski definition) is 2. The first-order chi connectivity index (χ1) is 6.38. The molecule has 0 bridgehead atoms. The molecule has 0 saturated heterocycles. The molecule has 4 heteroatoms. The van der Waals surface area contributed by atoms with Crippen molar-refractivity contribution in [3.63, 3.8) is 0 Å². The zero-order valence-electron chi connectivity index (χ0n) is 7.81. The number of nitrogens with zero attached hydrogens (tertiary/aromatic N) is 1. The van der Waals surface area contributed by atoms with Crippen LogP contribution in [0, 0.1) is 11.3 Å². The van der Waals surface area contributed by atoms with Crippen LogP contribution >= 0.6 is 27.5 Å². The lowest BCUT2D eigenvalue weighted by atomic mass is 9.86. The standard InChI is InChI=1S/C10H9BrClNO/c1-10(2,5-13)9-7(11)3-6(12)4-8(9)14/h3-4,14H,1-2H3. The molecule has 0 heterocycles. The van der Waals surface area contributed by atoms with Gasteiger partial charge in [0.2, 0.25) is 0 Å². The van der Waals surface area contributed by atoms with E-state index in [1.54, 1.807) is 19.9 Å². The van der Waals surface area contributed by atoms with Crippen molar-refractivity contribution in [2.45, 2.75) is 19.3 Å². The Morgan fingerprint density at radius 3 is 2.50 bits per heavy atom. The maximum Gasteiger partial charge on any atom is 0.122 e. The maximum absolute atomic E-state index is 9.67. The number of aromatic hydroxyl groups is 1. The summed E-state index contributed by atoms with van der Waals surface area (Å²) in [6, 6.07) is 5.22. The molecule has 0 unspecified atom stereocenters. The SMILES string of the molecule is CC(C)(C#N)c1c(O)cc(Cl)cc1Br. The predicted octanol–water partition coefficient (Wildman–Crippen LogP) is 3.61. The van der Waals surface area contributed by atoms with Crippen molar-refractivity contribution in [3.05, 3.63) is 27.2 Å². The van der Waals surface area contributed by atoms with Crippen molar-refractivity contribution >= 4 is 27.5 Å². The minimum atomic E-state index is -0.743. The van der Waals surface area contributed by atoms with E-state index in [0.717, 1.165) is 0 Å². The van der Waals surface area contributed by atoms with E-state index in [4.69, 9.17) is 16.9 Å². The summed E-state index contributed by atoms with van der Waals surface area (Å²) in [5.41, 5.74) is -0.183. The van der Waals surface area contributed by atoms with E-state index in [0.29, 0.717) is 15.1 Å². The Kier molecular flexibility index (Phi) is 3.08. The Hall–Kier alpha value is -0.720. The van der Waals surface area contributed by atoms with Gasteiger partial charge in [0.05, 0.1) is 11.5 Å². The Balaban J connectivity index is 3.44. The van der Waals surface area contributed by atoms with Crippen molar-refractivity contribution in [1.29, 1.82) is 5.26 Å². The summed E-state index contributed by atoms with van der Waals surface area (Å²) < 4.78 is 0.647. The summed E-state index contributed by atoms with van der Waals surface area (Å²) in [6.45, 7) is 3.47. The average molecular weight is 275 g/mol. The normalized spacial score (nSPS) is 11.1. The van der Waals surface area contributed by atoms with Crippen LogP contribution < -0.4 is 0 Å². The smallest absolute Gasteiger partial charge is 0.122 e. The summed E-state index contributed by atoms with van der Waals surface area (Å²) in [4.78, 5) is 0. The van der Waals surface area contributed by atoms with Gasteiger partial charge in [0.1, 0.15) is 5.75 Å². The highest BCUT2D eigenvalue weighted by molar-refractivity contribution is 9.10. The Morgan fingerprint density at radius 2 is 2.07 bits per heavy atom. The first-order valence-corrected chi connectivity index (χ1v) is 5.15. The van der Waals surface area contributed by atoms with Crippen molar-refractivity contribution in [1.82, 2.24) is 0 Å². The molecule has 0 saturated carbocycles. The van der Waals surface area contributed by atoms with E-state index < -0.39 is 5.41 Å². The summed E-state index contributed by atoms with van der Waals surface area (Å²) in [5, 5.41) is 19.1. The third-order valence-corrected chi connectivity index (χ3v) is 2.78. The largest absolute Gasteiger partial charge is 0.508 e. The van der Waals surface area contributed by atoms with Crippen molar-refractivity contribution in [2.75, 3.05) is 0 Å². The highest BCUT2D eigenvalue weighted by atomic mass is 79.9. The zero-order chi connectivity index (χ0) is 10.9. The number of phenolic OH excluding ortho intramolecular Hbond substituents is 1. The molecule has 0 spiro atoms. The molecule has 0 aliphatic heterocycles. The first-order valence-electron chi connectivity index (χ1n) is 3.98. The van der Waals surface area contributed by atoms with E-state index in [2.05, 4.69) is 22.0 Å². The van der Waals surface area contributed by atoms with Gasteiger partial charge in [0, 0.05) is 15.1 Å². The second-order valence-electron chi connectivity index (χ2n) is 3.52. The Bertz CT molecular complexity index is 386. The Morgan fingerprint density at radius 1 is 1.50 bits per heavy atom. The minimum absolute atomic E-state index is 0.0379. The monoisotopic (exact) mass is 273 g/mol. The lowest BCUT2D eigenvalue weighted by Crippen LogP contribution is -2.14. The zero-order valence-corrected chi connectivity index (χ0v) is 10.1. The van der Waals surface area contributed by atoms with Crippen molar-refractivity contribution in [3.8, 4) is 11.8 Å². The molecule has 0 radical (unpaired) electrons. The van der Waals surface area contributed by atoms with Crippen LogP contribution in [0.15, 0.2) is 16.6 Å². The van der Waals surface area contributed by atoms with Crippen molar-refractivity contribution < 1.29 is 5.11 Å². The molecule has 0 atom stereocenters. The maximum atomic E-state index is 9.67. The van der Waals surface area contributed by atoms with Gasteiger partial charge in [-0.1, -0.05) is 27.5 Å². The van der Waals surface area contributed by atoms with Crippen LogP contribution in [-0.4, -0.2) is 5.11 Å². The summed E-state index contributed by atoms with van der Waals surface area (Å²) in [6.07, 6.45) is 0. The van der Waals surface area contributed by atoms with Gasteiger partial charge in [-0.15, -0.1) is 0 Å². The Labute approximate surface area is 96.2 Å². The lowest BCUT2D eigenvalue weighted by molar-refractivity contribution is 0.456. The highest BCUT2D eigenvalue weighted by Crippen LogP contribution is 2.38. The van der Waals surface area contributed by atoms with E-state index in [-0.39, 0.29) is 5.75 Å². The topological polar surface area (TPSA) is 44.0 Å². The first kappa shape index (κ1) is 11.4. The molecule has 0 fully saturated rings. The number of rotatable bonds is 1. The van der Waals surface area contributed by atoms with E-state index in [9.17, 15) is 5.11 Å². The van der Waals surface area contributed by atoms with Crippen LogP contribution in [0.25, 0.3) is 0 Å². The van der Waals surface area contributed by atoms with Gasteiger partial charge in [-0.2, -0.15) is 5.26 Å². The molecular formula is C10H9BrClNO. The van der Waals surface area contributed by atoms with Crippen LogP contribution in [0.1, 0.15) is 19.4 Å².